The summed E-state index contributed by atoms with van der Waals surface area (Å²) in [4.78, 5) is 9.43. The molecule has 3 rings (SSSR count). The van der Waals surface area contributed by atoms with Crippen LogP contribution in [0.4, 0.5) is 5.82 Å². The van der Waals surface area contributed by atoms with E-state index in [2.05, 4.69) is 33.1 Å². The summed E-state index contributed by atoms with van der Waals surface area (Å²) < 4.78 is 0. The molecule has 21 heavy (non-hydrogen) atoms. The number of anilines is 1. The van der Waals surface area contributed by atoms with E-state index >= 15 is 0 Å². The SMILES string of the molecule is CCCN1CCN(c2cc(CNC3CC3)c(Cl)cn2)CC1. The normalized spacial score (nSPS) is 20.0. The fourth-order valence-electron chi connectivity index (χ4n) is 2.83. The molecule has 116 valence electrons. The number of hydrogen-bond donors (Lipinski definition) is 1. The molecule has 0 aromatic carbocycles. The van der Waals surface area contributed by atoms with E-state index in [4.69, 9.17) is 11.6 Å². The zero-order chi connectivity index (χ0) is 14.7. The molecular weight excluding hydrogens is 284 g/mol. The van der Waals surface area contributed by atoms with E-state index in [0.717, 1.165) is 43.6 Å². The first-order valence-electron chi connectivity index (χ1n) is 8.11. The van der Waals surface area contributed by atoms with Gasteiger partial charge in [-0.3, -0.25) is 4.90 Å². The van der Waals surface area contributed by atoms with Crippen molar-refractivity contribution in [3.63, 3.8) is 0 Å². The molecule has 0 unspecified atom stereocenters. The highest BCUT2D eigenvalue weighted by atomic mass is 35.5. The molecule has 1 saturated carbocycles. The van der Waals surface area contributed by atoms with E-state index in [1.54, 1.807) is 6.20 Å². The second-order valence-electron chi connectivity index (χ2n) is 6.12. The van der Waals surface area contributed by atoms with Crippen molar-refractivity contribution >= 4 is 17.4 Å². The monoisotopic (exact) mass is 308 g/mol. The Morgan fingerprint density at radius 3 is 2.71 bits per heavy atom. The lowest BCUT2D eigenvalue weighted by molar-refractivity contribution is 0.258. The maximum Gasteiger partial charge on any atom is 0.128 e. The molecule has 4 nitrogen and oxygen atoms in total. The number of aromatic nitrogens is 1. The maximum absolute atomic E-state index is 6.27. The Kier molecular flexibility index (Phi) is 4.99. The lowest BCUT2D eigenvalue weighted by atomic mass is 10.2. The van der Waals surface area contributed by atoms with Gasteiger partial charge in [-0.25, -0.2) is 4.98 Å². The lowest BCUT2D eigenvalue weighted by Crippen LogP contribution is -2.46. The average Bonchev–Trinajstić information content (AvgIpc) is 3.32. The van der Waals surface area contributed by atoms with Gasteiger partial charge < -0.3 is 10.2 Å². The third kappa shape index (κ3) is 4.09. The quantitative estimate of drug-likeness (QED) is 0.875. The first-order chi connectivity index (χ1) is 10.3. The van der Waals surface area contributed by atoms with Gasteiger partial charge in [0.15, 0.2) is 0 Å². The van der Waals surface area contributed by atoms with Crippen molar-refractivity contribution in [2.75, 3.05) is 37.6 Å². The van der Waals surface area contributed by atoms with E-state index < -0.39 is 0 Å². The summed E-state index contributed by atoms with van der Waals surface area (Å²) in [7, 11) is 0. The number of rotatable bonds is 6. The van der Waals surface area contributed by atoms with Gasteiger partial charge in [0.25, 0.3) is 0 Å². The van der Waals surface area contributed by atoms with Crippen LogP contribution in [0.2, 0.25) is 5.02 Å². The van der Waals surface area contributed by atoms with E-state index in [-0.39, 0.29) is 0 Å². The molecule has 1 aliphatic heterocycles. The van der Waals surface area contributed by atoms with Crippen LogP contribution in [-0.4, -0.2) is 48.6 Å². The van der Waals surface area contributed by atoms with Crippen LogP contribution in [0.25, 0.3) is 0 Å². The molecule has 0 spiro atoms. The van der Waals surface area contributed by atoms with Gasteiger partial charge in [0, 0.05) is 45.0 Å². The van der Waals surface area contributed by atoms with Crippen LogP contribution >= 0.6 is 11.6 Å². The minimum Gasteiger partial charge on any atom is -0.354 e. The third-order valence-corrected chi connectivity index (χ3v) is 4.66. The molecule has 0 radical (unpaired) electrons. The number of halogens is 1. The van der Waals surface area contributed by atoms with E-state index in [0.29, 0.717) is 6.04 Å². The summed E-state index contributed by atoms with van der Waals surface area (Å²) in [5, 5.41) is 4.30. The second kappa shape index (κ2) is 6.95. The van der Waals surface area contributed by atoms with Crippen LogP contribution in [0.5, 0.6) is 0 Å². The number of nitrogens with one attached hydrogen (secondary N) is 1. The third-order valence-electron chi connectivity index (χ3n) is 4.31. The summed E-state index contributed by atoms with van der Waals surface area (Å²) in [5.41, 5.74) is 1.17. The van der Waals surface area contributed by atoms with Gasteiger partial charge in [-0.1, -0.05) is 18.5 Å². The van der Waals surface area contributed by atoms with Gasteiger partial charge in [-0.15, -0.1) is 0 Å². The van der Waals surface area contributed by atoms with Crippen LogP contribution in [0, 0.1) is 0 Å². The Bertz CT molecular complexity index is 467. The summed E-state index contributed by atoms with van der Waals surface area (Å²) >= 11 is 6.27. The zero-order valence-electron chi connectivity index (χ0n) is 12.8. The smallest absolute Gasteiger partial charge is 0.128 e. The molecule has 1 aliphatic carbocycles. The Labute approximate surface area is 132 Å². The van der Waals surface area contributed by atoms with Crippen LogP contribution in [-0.2, 0) is 6.54 Å². The van der Waals surface area contributed by atoms with Gasteiger partial charge in [0.1, 0.15) is 5.82 Å². The molecule has 1 aromatic heterocycles. The maximum atomic E-state index is 6.27. The first kappa shape index (κ1) is 15.1. The van der Waals surface area contributed by atoms with Gasteiger partial charge >= 0.3 is 0 Å². The number of hydrogen-bond acceptors (Lipinski definition) is 4. The molecule has 2 fully saturated rings. The molecule has 1 N–H and O–H groups in total. The van der Waals surface area contributed by atoms with Crippen molar-refractivity contribution in [2.24, 2.45) is 0 Å². The molecule has 0 bridgehead atoms. The summed E-state index contributed by atoms with van der Waals surface area (Å²) in [5.74, 6) is 1.07. The molecule has 1 aromatic rings. The molecule has 2 heterocycles. The van der Waals surface area contributed by atoms with Crippen LogP contribution in [0.15, 0.2) is 12.3 Å². The highest BCUT2D eigenvalue weighted by molar-refractivity contribution is 6.31. The second-order valence-corrected chi connectivity index (χ2v) is 6.52. The van der Waals surface area contributed by atoms with E-state index in [1.165, 1.54) is 31.4 Å². The van der Waals surface area contributed by atoms with Crippen molar-refractivity contribution in [3.8, 4) is 0 Å². The largest absolute Gasteiger partial charge is 0.354 e. The highest BCUT2D eigenvalue weighted by Crippen LogP contribution is 2.24. The Balaban J connectivity index is 1.60. The predicted molar refractivity (Wildman–Crippen MR) is 88.1 cm³/mol. The Hall–Kier alpha value is -0.840. The fraction of sp³-hybridized carbons (Fsp3) is 0.688. The van der Waals surface area contributed by atoms with Gasteiger partial charge in [0.2, 0.25) is 0 Å². The number of nitrogens with zero attached hydrogens (tertiary/aromatic N) is 3. The average molecular weight is 309 g/mol. The number of pyridine rings is 1. The van der Waals surface area contributed by atoms with Crippen molar-refractivity contribution in [1.29, 1.82) is 0 Å². The van der Waals surface area contributed by atoms with Gasteiger partial charge in [0.05, 0.1) is 5.02 Å². The molecule has 1 saturated heterocycles. The van der Waals surface area contributed by atoms with Crippen LogP contribution in [0.3, 0.4) is 0 Å². The van der Waals surface area contributed by atoms with Crippen molar-refractivity contribution < 1.29 is 0 Å². The topological polar surface area (TPSA) is 31.4 Å². The van der Waals surface area contributed by atoms with Crippen LogP contribution in [0.1, 0.15) is 31.7 Å². The fourth-order valence-corrected chi connectivity index (χ4v) is 3.00. The van der Waals surface area contributed by atoms with Gasteiger partial charge in [-0.2, -0.15) is 0 Å². The van der Waals surface area contributed by atoms with E-state index in [1.807, 2.05) is 0 Å². The lowest BCUT2D eigenvalue weighted by Gasteiger charge is -2.35. The van der Waals surface area contributed by atoms with Crippen molar-refractivity contribution in [2.45, 2.75) is 38.8 Å². The molecular formula is C16H25ClN4. The summed E-state index contributed by atoms with van der Waals surface area (Å²) in [6.45, 7) is 8.69. The Morgan fingerprint density at radius 1 is 1.29 bits per heavy atom. The number of piperazine rings is 1. The zero-order valence-corrected chi connectivity index (χ0v) is 13.6. The molecule has 0 atom stereocenters. The van der Waals surface area contributed by atoms with E-state index in [9.17, 15) is 0 Å². The highest BCUT2D eigenvalue weighted by Gasteiger charge is 2.21. The molecule has 2 aliphatic rings. The summed E-state index contributed by atoms with van der Waals surface area (Å²) in [6.07, 6.45) is 5.64. The van der Waals surface area contributed by atoms with Gasteiger partial charge in [-0.05, 0) is 37.4 Å². The van der Waals surface area contributed by atoms with Crippen LogP contribution < -0.4 is 10.2 Å². The van der Waals surface area contributed by atoms with Crippen molar-refractivity contribution in [3.05, 3.63) is 22.8 Å². The predicted octanol–water partition coefficient (Wildman–Crippen LogP) is 2.52. The Morgan fingerprint density at radius 2 is 2.05 bits per heavy atom. The minimum atomic E-state index is 0.704. The minimum absolute atomic E-state index is 0.704. The van der Waals surface area contributed by atoms with Crippen molar-refractivity contribution in [1.82, 2.24) is 15.2 Å². The first-order valence-corrected chi connectivity index (χ1v) is 8.49. The standard InChI is InChI=1S/C16H25ClN4/c1-2-5-20-6-8-21(9-7-20)16-10-13(15(17)12-19-16)11-18-14-3-4-14/h10,12,14,18H,2-9,11H2,1H3. The summed E-state index contributed by atoms with van der Waals surface area (Å²) in [6, 6.07) is 2.86. The molecule has 0 amide bonds. The molecule has 5 heteroatoms.